The molecule has 63 heavy (non-hydrogen) atoms. The maximum absolute atomic E-state index is 6.73. The van der Waals surface area contributed by atoms with Crippen LogP contribution in [0.5, 0.6) is 0 Å². The highest BCUT2D eigenvalue weighted by atomic mass is 16.3. The summed E-state index contributed by atoms with van der Waals surface area (Å²) < 4.78 is 9.07. The monoisotopic (exact) mass is 809 g/mol. The van der Waals surface area contributed by atoms with E-state index in [0.717, 1.165) is 83.8 Å². The Kier molecular flexibility index (Phi) is 8.78. The molecule has 0 spiro atoms. The first kappa shape index (κ1) is 36.4. The Morgan fingerprint density at radius 1 is 0.460 bits per heavy atom. The minimum atomic E-state index is -0.406. The number of anilines is 3. The Morgan fingerprint density at radius 2 is 1.06 bits per heavy atom. The first-order valence-electron chi connectivity index (χ1n) is 21.3. The molecular weight excluding hydrogens is 771 g/mol. The summed E-state index contributed by atoms with van der Waals surface area (Å²) in [6, 6.07) is 78.6. The molecule has 11 aromatic rings. The number of nitrogens with zero attached hydrogens (tertiary/aromatic N) is 4. The van der Waals surface area contributed by atoms with Gasteiger partial charge in [0.05, 0.1) is 16.7 Å². The number of furan rings is 1. The molecule has 1 aliphatic heterocycles. The molecule has 6 heteroatoms. The van der Waals surface area contributed by atoms with Crippen LogP contribution in [0.25, 0.3) is 60.6 Å². The fourth-order valence-electron chi connectivity index (χ4n) is 9.10. The Labute approximate surface area is 364 Å². The number of aliphatic imine (C=N–C) groups is 2. The summed E-state index contributed by atoms with van der Waals surface area (Å²) in [5.74, 6) is 1.36. The van der Waals surface area contributed by atoms with Gasteiger partial charge < -0.3 is 19.2 Å². The second kappa shape index (κ2) is 15.2. The number of amidine groups is 2. The standard InChI is InChI=1S/C57H39N5O/c1-5-17-38(18-6-1)39-29-32-44(33-30-39)61(42-21-9-3-10-22-42)45-36-49(54-48-26-14-16-28-52(48)63-53(54)37-45)57-59-55(40-19-7-2-8-20-40)58-56(60-57)41-31-34-47-46-25-13-15-27-50(46)62(51(47)35-41)43-23-11-4-12-24-43/h1-37,55H,(H,58,59,60). The lowest BCUT2D eigenvalue weighted by Crippen LogP contribution is -2.33. The molecule has 9 aromatic carbocycles. The lowest BCUT2D eigenvalue weighted by atomic mass is 10.0. The van der Waals surface area contributed by atoms with Crippen LogP contribution in [0.4, 0.5) is 17.1 Å². The summed E-state index contributed by atoms with van der Waals surface area (Å²) in [6.07, 6.45) is -0.406. The molecule has 0 bridgehead atoms. The van der Waals surface area contributed by atoms with E-state index in [9.17, 15) is 0 Å². The van der Waals surface area contributed by atoms with Crippen molar-refractivity contribution in [2.45, 2.75) is 6.17 Å². The Bertz CT molecular complexity index is 3520. The van der Waals surface area contributed by atoms with E-state index in [2.05, 4.69) is 215 Å². The fourth-order valence-corrected chi connectivity index (χ4v) is 9.10. The summed E-state index contributed by atoms with van der Waals surface area (Å²) in [5.41, 5.74) is 13.1. The van der Waals surface area contributed by atoms with Crippen LogP contribution in [0.1, 0.15) is 22.9 Å². The average Bonchev–Trinajstić information content (AvgIpc) is 3.90. The third kappa shape index (κ3) is 6.44. The largest absolute Gasteiger partial charge is 0.456 e. The van der Waals surface area contributed by atoms with Crippen molar-refractivity contribution in [3.63, 3.8) is 0 Å². The zero-order valence-electron chi connectivity index (χ0n) is 34.1. The summed E-state index contributed by atoms with van der Waals surface area (Å²) in [5, 5.41) is 8.11. The number of fused-ring (bicyclic) bond motifs is 6. The zero-order valence-corrected chi connectivity index (χ0v) is 34.1. The molecule has 298 valence electrons. The maximum atomic E-state index is 6.73. The first-order chi connectivity index (χ1) is 31.2. The number of aromatic nitrogens is 1. The third-order valence-electron chi connectivity index (χ3n) is 12.0. The van der Waals surface area contributed by atoms with Gasteiger partial charge in [0, 0.05) is 55.8 Å². The number of rotatable bonds is 8. The molecule has 1 atom stereocenters. The first-order valence-corrected chi connectivity index (χ1v) is 21.3. The van der Waals surface area contributed by atoms with E-state index >= 15 is 0 Å². The predicted molar refractivity (Wildman–Crippen MR) is 260 cm³/mol. The van der Waals surface area contributed by atoms with Crippen LogP contribution in [-0.2, 0) is 0 Å². The molecule has 1 aliphatic rings. The Hall–Kier alpha value is -8.48. The molecule has 0 saturated carbocycles. The molecule has 0 fully saturated rings. The SMILES string of the molecule is c1ccc(-c2ccc(N(c3ccccc3)c3cc(C4=NC(c5ccccc5)NC(c5ccc6c7ccccc7n(-c7ccccc7)c6c5)=N4)c4c(c3)oc3ccccc34)cc2)cc1. The summed E-state index contributed by atoms with van der Waals surface area (Å²) >= 11 is 0. The van der Waals surface area contributed by atoms with E-state index in [4.69, 9.17) is 14.4 Å². The van der Waals surface area contributed by atoms with Gasteiger partial charge in [-0.15, -0.1) is 0 Å². The Morgan fingerprint density at radius 3 is 1.84 bits per heavy atom. The van der Waals surface area contributed by atoms with Gasteiger partial charge >= 0.3 is 0 Å². The van der Waals surface area contributed by atoms with E-state index < -0.39 is 6.17 Å². The van der Waals surface area contributed by atoms with Crippen molar-refractivity contribution >= 4 is 72.5 Å². The fraction of sp³-hybridized carbons (Fsp3) is 0.0175. The topological polar surface area (TPSA) is 58.1 Å². The quantitative estimate of drug-likeness (QED) is 0.166. The van der Waals surface area contributed by atoms with Gasteiger partial charge in [0.2, 0.25) is 0 Å². The van der Waals surface area contributed by atoms with Crippen LogP contribution in [0, 0.1) is 0 Å². The summed E-state index contributed by atoms with van der Waals surface area (Å²) in [4.78, 5) is 13.2. The molecule has 1 unspecified atom stereocenters. The minimum Gasteiger partial charge on any atom is -0.456 e. The van der Waals surface area contributed by atoms with Gasteiger partial charge in [0.25, 0.3) is 0 Å². The molecule has 0 radical (unpaired) electrons. The molecule has 3 heterocycles. The zero-order chi connectivity index (χ0) is 41.7. The van der Waals surface area contributed by atoms with E-state index in [0.29, 0.717) is 5.84 Å². The van der Waals surface area contributed by atoms with Crippen LogP contribution in [0.15, 0.2) is 239 Å². The lowest BCUT2D eigenvalue weighted by Gasteiger charge is -2.27. The lowest BCUT2D eigenvalue weighted by molar-refractivity contribution is 0.668. The number of benzene rings is 9. The van der Waals surface area contributed by atoms with Gasteiger partial charge in [0.1, 0.15) is 23.2 Å². The average molecular weight is 810 g/mol. The van der Waals surface area contributed by atoms with E-state index in [1.165, 1.54) is 16.3 Å². The smallest absolute Gasteiger partial charge is 0.160 e. The van der Waals surface area contributed by atoms with Crippen molar-refractivity contribution in [3.8, 4) is 16.8 Å². The van der Waals surface area contributed by atoms with E-state index in [1.807, 2.05) is 24.3 Å². The van der Waals surface area contributed by atoms with Crippen molar-refractivity contribution < 1.29 is 4.42 Å². The molecule has 0 aliphatic carbocycles. The second-order valence-electron chi connectivity index (χ2n) is 15.8. The molecule has 2 aromatic heterocycles. The predicted octanol–water partition coefficient (Wildman–Crippen LogP) is 14.3. The second-order valence-corrected chi connectivity index (χ2v) is 15.8. The van der Waals surface area contributed by atoms with Crippen molar-refractivity contribution in [2.24, 2.45) is 9.98 Å². The normalized spacial score (nSPS) is 13.9. The highest BCUT2D eigenvalue weighted by Crippen LogP contribution is 2.42. The van der Waals surface area contributed by atoms with Crippen LogP contribution in [0.3, 0.4) is 0 Å². The highest BCUT2D eigenvalue weighted by molar-refractivity contribution is 6.23. The van der Waals surface area contributed by atoms with Crippen molar-refractivity contribution in [1.29, 1.82) is 0 Å². The Balaban J connectivity index is 1.07. The molecule has 12 rings (SSSR count). The van der Waals surface area contributed by atoms with Crippen LogP contribution in [0.2, 0.25) is 0 Å². The van der Waals surface area contributed by atoms with Crippen molar-refractivity contribution in [3.05, 3.63) is 241 Å². The van der Waals surface area contributed by atoms with Crippen molar-refractivity contribution in [2.75, 3.05) is 4.90 Å². The number of para-hydroxylation sites is 4. The van der Waals surface area contributed by atoms with Gasteiger partial charge in [-0.05, 0) is 77.4 Å². The van der Waals surface area contributed by atoms with Crippen LogP contribution < -0.4 is 10.2 Å². The third-order valence-corrected chi connectivity index (χ3v) is 12.0. The number of nitrogens with one attached hydrogen (secondary N) is 1. The number of hydrogen-bond acceptors (Lipinski definition) is 5. The van der Waals surface area contributed by atoms with Gasteiger partial charge in [-0.25, -0.2) is 9.98 Å². The number of hydrogen-bond donors (Lipinski definition) is 1. The van der Waals surface area contributed by atoms with Gasteiger partial charge in [-0.1, -0.05) is 158 Å². The molecule has 1 N–H and O–H groups in total. The maximum Gasteiger partial charge on any atom is 0.160 e. The highest BCUT2D eigenvalue weighted by Gasteiger charge is 2.26. The molecule has 0 amide bonds. The van der Waals surface area contributed by atoms with Crippen LogP contribution >= 0.6 is 0 Å². The molecule has 0 saturated heterocycles. The van der Waals surface area contributed by atoms with Gasteiger partial charge in [-0.3, -0.25) is 0 Å². The van der Waals surface area contributed by atoms with Gasteiger partial charge in [0.15, 0.2) is 5.84 Å². The van der Waals surface area contributed by atoms with Gasteiger partial charge in [-0.2, -0.15) is 0 Å². The summed E-state index contributed by atoms with van der Waals surface area (Å²) in [6.45, 7) is 0. The molecule has 6 nitrogen and oxygen atoms in total. The van der Waals surface area contributed by atoms with E-state index in [1.54, 1.807) is 0 Å². The molecular formula is C57H39N5O. The minimum absolute atomic E-state index is 0.406. The van der Waals surface area contributed by atoms with Crippen LogP contribution in [-0.4, -0.2) is 16.2 Å². The van der Waals surface area contributed by atoms with Crippen molar-refractivity contribution in [1.82, 2.24) is 9.88 Å². The summed E-state index contributed by atoms with van der Waals surface area (Å²) in [7, 11) is 0. The van der Waals surface area contributed by atoms with E-state index in [-0.39, 0.29) is 0 Å².